The number of hydrogen-bond donors (Lipinski definition) is 0. The van der Waals surface area contributed by atoms with Gasteiger partial charge in [0.2, 0.25) is 5.91 Å². The van der Waals surface area contributed by atoms with Crippen molar-refractivity contribution in [3.05, 3.63) is 24.3 Å². The monoisotopic (exact) mass is 237 g/mol. The van der Waals surface area contributed by atoms with E-state index >= 15 is 0 Å². The van der Waals surface area contributed by atoms with Crippen LogP contribution < -0.4 is 0 Å². The predicted octanol–water partition coefficient (Wildman–Crippen LogP) is 3.94. The fourth-order valence-electron chi connectivity index (χ4n) is 1.50. The molecule has 0 radical (unpaired) electrons. The van der Waals surface area contributed by atoms with Crippen LogP contribution in [0.5, 0.6) is 0 Å². The molecule has 0 aliphatic rings. The van der Waals surface area contributed by atoms with Gasteiger partial charge in [-0.05, 0) is 12.8 Å². The van der Waals surface area contributed by atoms with E-state index in [1.165, 1.54) is 38.5 Å². The van der Waals surface area contributed by atoms with E-state index in [0.29, 0.717) is 0 Å². The second kappa shape index (κ2) is 11.4. The van der Waals surface area contributed by atoms with Crippen molar-refractivity contribution in [2.45, 2.75) is 51.9 Å². The minimum Gasteiger partial charge on any atom is -0.345 e. The first kappa shape index (κ1) is 16.0. The van der Waals surface area contributed by atoms with Crippen LogP contribution in [-0.2, 0) is 4.79 Å². The van der Waals surface area contributed by atoms with Crippen molar-refractivity contribution in [2.75, 3.05) is 14.1 Å². The third-order valence-corrected chi connectivity index (χ3v) is 2.65. The average Bonchev–Trinajstić information content (AvgIpc) is 2.31. The van der Waals surface area contributed by atoms with Crippen molar-refractivity contribution in [2.24, 2.45) is 0 Å². The summed E-state index contributed by atoms with van der Waals surface area (Å²) < 4.78 is 0. The molecule has 0 saturated heterocycles. The normalized spacial score (nSPS) is 11.5. The minimum absolute atomic E-state index is 0.0363. The smallest absolute Gasteiger partial charge is 0.246 e. The van der Waals surface area contributed by atoms with Gasteiger partial charge in [-0.25, -0.2) is 0 Å². The number of carbonyl (C=O) groups excluding carboxylic acids is 1. The molecule has 17 heavy (non-hydrogen) atoms. The summed E-state index contributed by atoms with van der Waals surface area (Å²) in [7, 11) is 3.51. The summed E-state index contributed by atoms with van der Waals surface area (Å²) in [6, 6.07) is 0. The van der Waals surface area contributed by atoms with Gasteiger partial charge in [-0.3, -0.25) is 4.79 Å². The topological polar surface area (TPSA) is 20.3 Å². The number of carbonyl (C=O) groups is 1. The Hall–Kier alpha value is -1.05. The first-order chi connectivity index (χ1) is 8.18. The Labute approximate surface area is 106 Å². The summed E-state index contributed by atoms with van der Waals surface area (Å²) in [4.78, 5) is 12.8. The fraction of sp³-hybridized carbons (Fsp3) is 0.667. The maximum absolute atomic E-state index is 11.2. The first-order valence-corrected chi connectivity index (χ1v) is 6.73. The Morgan fingerprint density at radius 3 is 2.29 bits per heavy atom. The van der Waals surface area contributed by atoms with Crippen LogP contribution in [0.25, 0.3) is 0 Å². The van der Waals surface area contributed by atoms with E-state index in [9.17, 15) is 4.79 Å². The number of unbranched alkanes of at least 4 members (excludes halogenated alkanes) is 6. The quantitative estimate of drug-likeness (QED) is 0.338. The van der Waals surface area contributed by atoms with E-state index in [2.05, 4.69) is 13.0 Å². The number of hydrogen-bond acceptors (Lipinski definition) is 1. The zero-order valence-corrected chi connectivity index (χ0v) is 11.6. The molecule has 0 aromatic rings. The Balaban J connectivity index is 3.39. The highest BCUT2D eigenvalue weighted by Crippen LogP contribution is 2.07. The number of rotatable bonds is 9. The third-order valence-electron chi connectivity index (χ3n) is 2.65. The molecule has 2 heteroatoms. The lowest BCUT2D eigenvalue weighted by Gasteiger charge is -2.04. The summed E-state index contributed by atoms with van der Waals surface area (Å²) in [5.74, 6) is 0.0363. The second-order valence-electron chi connectivity index (χ2n) is 4.58. The molecule has 0 spiro atoms. The van der Waals surface area contributed by atoms with E-state index in [1.54, 1.807) is 25.1 Å². The molecular formula is C15H27NO. The molecule has 0 aliphatic carbocycles. The van der Waals surface area contributed by atoms with Crippen LogP contribution in [0.2, 0.25) is 0 Å². The molecular weight excluding hydrogens is 210 g/mol. The van der Waals surface area contributed by atoms with Crippen LogP contribution in [0.3, 0.4) is 0 Å². The summed E-state index contributed by atoms with van der Waals surface area (Å²) >= 11 is 0. The van der Waals surface area contributed by atoms with Gasteiger partial charge < -0.3 is 4.90 Å². The van der Waals surface area contributed by atoms with Crippen LogP contribution in [0.4, 0.5) is 0 Å². The van der Waals surface area contributed by atoms with Crippen molar-refractivity contribution in [3.63, 3.8) is 0 Å². The summed E-state index contributed by atoms with van der Waals surface area (Å²) in [6.45, 7) is 2.24. The molecule has 0 saturated carbocycles. The lowest BCUT2D eigenvalue weighted by Crippen LogP contribution is -2.18. The molecule has 0 heterocycles. The Kier molecular flexibility index (Phi) is 10.7. The van der Waals surface area contributed by atoms with Gasteiger partial charge >= 0.3 is 0 Å². The first-order valence-electron chi connectivity index (χ1n) is 6.73. The highest BCUT2D eigenvalue weighted by atomic mass is 16.2. The maximum Gasteiger partial charge on any atom is 0.246 e. The Morgan fingerprint density at radius 2 is 1.65 bits per heavy atom. The standard InChI is InChI=1S/C15H27NO/c1-4-5-6-7-8-9-10-11-12-13-14-15(17)16(2)3/h11-14H,4-10H2,1-3H3/b12-11+,14-13+. The van der Waals surface area contributed by atoms with Gasteiger partial charge in [0, 0.05) is 20.2 Å². The van der Waals surface area contributed by atoms with Crippen molar-refractivity contribution in [1.29, 1.82) is 0 Å². The van der Waals surface area contributed by atoms with Crippen molar-refractivity contribution < 1.29 is 4.79 Å². The van der Waals surface area contributed by atoms with Gasteiger partial charge in [0.25, 0.3) is 0 Å². The largest absolute Gasteiger partial charge is 0.345 e. The molecule has 0 fully saturated rings. The molecule has 0 bridgehead atoms. The van der Waals surface area contributed by atoms with Gasteiger partial charge in [0.05, 0.1) is 0 Å². The van der Waals surface area contributed by atoms with E-state index in [0.717, 1.165) is 6.42 Å². The number of amides is 1. The van der Waals surface area contributed by atoms with Crippen LogP contribution in [0.15, 0.2) is 24.3 Å². The SMILES string of the molecule is CCCCCCCC/C=C/C=C/C(=O)N(C)C. The average molecular weight is 237 g/mol. The molecule has 0 N–H and O–H groups in total. The summed E-state index contributed by atoms with van der Waals surface area (Å²) in [5, 5.41) is 0. The van der Waals surface area contributed by atoms with E-state index < -0.39 is 0 Å². The zero-order valence-electron chi connectivity index (χ0n) is 11.6. The van der Waals surface area contributed by atoms with Crippen molar-refractivity contribution in [1.82, 2.24) is 4.90 Å². The van der Waals surface area contributed by atoms with Crippen LogP contribution in [0, 0.1) is 0 Å². The summed E-state index contributed by atoms with van der Waals surface area (Å²) in [5.41, 5.74) is 0. The van der Waals surface area contributed by atoms with Gasteiger partial charge in [-0.1, -0.05) is 57.3 Å². The summed E-state index contributed by atoms with van der Waals surface area (Å²) in [6.07, 6.45) is 16.6. The van der Waals surface area contributed by atoms with Crippen molar-refractivity contribution in [3.8, 4) is 0 Å². The second-order valence-corrected chi connectivity index (χ2v) is 4.58. The molecule has 2 nitrogen and oxygen atoms in total. The molecule has 1 amide bonds. The van der Waals surface area contributed by atoms with E-state index in [-0.39, 0.29) is 5.91 Å². The molecule has 0 aromatic carbocycles. The lowest BCUT2D eigenvalue weighted by molar-refractivity contribution is -0.123. The van der Waals surface area contributed by atoms with Gasteiger partial charge in [-0.15, -0.1) is 0 Å². The molecule has 0 atom stereocenters. The zero-order chi connectivity index (χ0) is 12.9. The van der Waals surface area contributed by atoms with E-state index in [1.807, 2.05) is 12.2 Å². The molecule has 98 valence electrons. The van der Waals surface area contributed by atoms with Crippen LogP contribution >= 0.6 is 0 Å². The van der Waals surface area contributed by atoms with Crippen LogP contribution in [-0.4, -0.2) is 24.9 Å². The highest BCUT2D eigenvalue weighted by molar-refractivity contribution is 5.87. The van der Waals surface area contributed by atoms with Crippen molar-refractivity contribution >= 4 is 5.91 Å². The fourth-order valence-corrected chi connectivity index (χ4v) is 1.50. The van der Waals surface area contributed by atoms with Crippen LogP contribution in [0.1, 0.15) is 51.9 Å². The maximum atomic E-state index is 11.2. The number of likely N-dealkylation sites (N-methyl/N-ethyl adjacent to an activating group) is 1. The number of allylic oxidation sites excluding steroid dienone is 3. The van der Waals surface area contributed by atoms with Gasteiger partial charge in [0.15, 0.2) is 0 Å². The van der Waals surface area contributed by atoms with Gasteiger partial charge in [0.1, 0.15) is 0 Å². The lowest BCUT2D eigenvalue weighted by atomic mass is 10.1. The Morgan fingerprint density at radius 1 is 1.00 bits per heavy atom. The molecule has 0 aliphatic heterocycles. The Bertz CT molecular complexity index is 241. The molecule has 0 unspecified atom stereocenters. The molecule has 0 rings (SSSR count). The third kappa shape index (κ3) is 11.2. The highest BCUT2D eigenvalue weighted by Gasteiger charge is 1.94. The van der Waals surface area contributed by atoms with Gasteiger partial charge in [-0.2, -0.15) is 0 Å². The minimum atomic E-state index is 0.0363. The predicted molar refractivity (Wildman–Crippen MR) is 75.0 cm³/mol. The van der Waals surface area contributed by atoms with E-state index in [4.69, 9.17) is 0 Å². The molecule has 0 aromatic heterocycles. The number of nitrogens with zero attached hydrogens (tertiary/aromatic N) is 1.